The largest absolute Gasteiger partial charge is 0.480 e. The smallest absolute Gasteiger partial charge is 0.317 e. The molecule has 0 radical (unpaired) electrons. The van der Waals surface area contributed by atoms with Crippen LogP contribution in [0.4, 0.5) is 5.82 Å². The number of aromatic nitrogens is 1. The van der Waals surface area contributed by atoms with Gasteiger partial charge in [0.15, 0.2) is 0 Å². The summed E-state index contributed by atoms with van der Waals surface area (Å²) >= 11 is 0. The molecule has 2 aliphatic heterocycles. The maximum Gasteiger partial charge on any atom is 0.317 e. The maximum absolute atomic E-state index is 11.0. The number of nitrogens with one attached hydrogen (secondary N) is 1. The van der Waals surface area contributed by atoms with Crippen LogP contribution < -0.4 is 5.32 Å². The SMILES string of the molecule is O=C(O)CN1CCOC[C@@]2(C[C@@H](CNc3ccccn3)CO2)C1. The van der Waals surface area contributed by atoms with Gasteiger partial charge in [-0.2, -0.15) is 0 Å². The number of carbonyl (C=O) groups is 1. The van der Waals surface area contributed by atoms with Crippen molar-refractivity contribution >= 4 is 11.8 Å². The molecule has 3 heterocycles. The number of rotatable bonds is 5. The molecule has 2 N–H and O–H groups in total. The van der Waals surface area contributed by atoms with Gasteiger partial charge in [0.2, 0.25) is 0 Å². The lowest BCUT2D eigenvalue weighted by Crippen LogP contribution is -2.45. The van der Waals surface area contributed by atoms with E-state index in [0.29, 0.717) is 38.8 Å². The summed E-state index contributed by atoms with van der Waals surface area (Å²) in [5.74, 6) is 0.414. The summed E-state index contributed by atoms with van der Waals surface area (Å²) in [5, 5.41) is 12.3. The Morgan fingerprint density at radius 3 is 3.22 bits per heavy atom. The lowest BCUT2D eigenvalue weighted by molar-refractivity contribution is -0.139. The molecule has 1 spiro atoms. The fourth-order valence-electron chi connectivity index (χ4n) is 3.31. The summed E-state index contributed by atoms with van der Waals surface area (Å²) in [6, 6.07) is 5.78. The molecule has 7 nitrogen and oxygen atoms in total. The van der Waals surface area contributed by atoms with E-state index < -0.39 is 5.97 Å². The highest BCUT2D eigenvalue weighted by Gasteiger charge is 2.43. The Morgan fingerprint density at radius 1 is 1.52 bits per heavy atom. The van der Waals surface area contributed by atoms with Crippen LogP contribution in [0.25, 0.3) is 0 Å². The predicted octanol–water partition coefficient (Wildman–Crippen LogP) is 0.686. The average Bonchev–Trinajstić information content (AvgIpc) is 2.82. The zero-order chi connectivity index (χ0) is 16.1. The Hall–Kier alpha value is -1.70. The van der Waals surface area contributed by atoms with E-state index in [1.807, 2.05) is 23.1 Å². The second-order valence-corrected chi connectivity index (χ2v) is 6.32. The highest BCUT2D eigenvalue weighted by Crippen LogP contribution is 2.32. The molecule has 0 saturated carbocycles. The Labute approximate surface area is 135 Å². The van der Waals surface area contributed by atoms with Gasteiger partial charge in [0.1, 0.15) is 11.4 Å². The topological polar surface area (TPSA) is 83.9 Å². The van der Waals surface area contributed by atoms with Crippen molar-refractivity contribution in [2.75, 3.05) is 51.3 Å². The van der Waals surface area contributed by atoms with Gasteiger partial charge in [-0.3, -0.25) is 9.69 Å². The van der Waals surface area contributed by atoms with Crippen LogP contribution in [0.15, 0.2) is 24.4 Å². The van der Waals surface area contributed by atoms with Crippen LogP contribution in [0.5, 0.6) is 0 Å². The number of nitrogens with zero attached hydrogens (tertiary/aromatic N) is 2. The minimum absolute atomic E-state index is 0.0331. The third-order valence-electron chi connectivity index (χ3n) is 4.31. The minimum atomic E-state index is -0.812. The summed E-state index contributed by atoms with van der Waals surface area (Å²) in [4.78, 5) is 17.1. The van der Waals surface area contributed by atoms with E-state index >= 15 is 0 Å². The van der Waals surface area contributed by atoms with Crippen LogP contribution in [-0.2, 0) is 14.3 Å². The summed E-state index contributed by atoms with van der Waals surface area (Å²) < 4.78 is 11.7. The van der Waals surface area contributed by atoms with Gasteiger partial charge < -0.3 is 19.9 Å². The van der Waals surface area contributed by atoms with Crippen molar-refractivity contribution < 1.29 is 19.4 Å². The number of aliphatic carboxylic acids is 1. The van der Waals surface area contributed by atoms with E-state index in [9.17, 15) is 4.79 Å². The van der Waals surface area contributed by atoms with Gasteiger partial charge in [-0.1, -0.05) is 6.07 Å². The first kappa shape index (κ1) is 16.2. The highest BCUT2D eigenvalue weighted by atomic mass is 16.5. The van der Waals surface area contributed by atoms with Crippen LogP contribution in [0, 0.1) is 5.92 Å². The Balaban J connectivity index is 1.55. The van der Waals surface area contributed by atoms with Gasteiger partial charge in [-0.05, 0) is 18.6 Å². The normalized spacial score (nSPS) is 28.6. The van der Waals surface area contributed by atoms with Crippen LogP contribution in [-0.4, -0.2) is 72.6 Å². The lowest BCUT2D eigenvalue weighted by Gasteiger charge is -2.30. The fourth-order valence-corrected chi connectivity index (χ4v) is 3.31. The van der Waals surface area contributed by atoms with E-state index in [1.165, 1.54) is 0 Å². The molecule has 126 valence electrons. The van der Waals surface area contributed by atoms with Crippen molar-refractivity contribution in [2.45, 2.75) is 12.0 Å². The zero-order valence-electron chi connectivity index (χ0n) is 13.1. The van der Waals surface area contributed by atoms with Gasteiger partial charge in [-0.15, -0.1) is 0 Å². The summed E-state index contributed by atoms with van der Waals surface area (Å²) in [6.07, 6.45) is 2.63. The van der Waals surface area contributed by atoms with Crippen LogP contribution in [0.2, 0.25) is 0 Å². The number of carboxylic acid groups (broad SMARTS) is 1. The number of hydrogen-bond donors (Lipinski definition) is 2. The molecule has 0 bridgehead atoms. The summed E-state index contributed by atoms with van der Waals surface area (Å²) in [5.41, 5.74) is -0.386. The number of hydrogen-bond acceptors (Lipinski definition) is 6. The number of pyridine rings is 1. The standard InChI is InChI=1S/C16H23N3O4/c20-15(21)9-19-5-6-22-12-16(11-19)7-13(10-23-16)8-18-14-3-1-2-4-17-14/h1-4,13H,5-12H2,(H,17,18)(H,20,21)/t13-,16+/m0/s1. The second-order valence-electron chi connectivity index (χ2n) is 6.32. The molecule has 7 heteroatoms. The van der Waals surface area contributed by atoms with Gasteiger partial charge in [0.25, 0.3) is 0 Å². The predicted molar refractivity (Wildman–Crippen MR) is 84.4 cm³/mol. The van der Waals surface area contributed by atoms with E-state index in [2.05, 4.69) is 10.3 Å². The Kier molecular flexibility index (Phi) is 5.09. The molecule has 3 rings (SSSR count). The van der Waals surface area contributed by atoms with Gasteiger partial charge >= 0.3 is 5.97 Å². The maximum atomic E-state index is 11.0. The third kappa shape index (κ3) is 4.40. The van der Waals surface area contributed by atoms with E-state index in [4.69, 9.17) is 14.6 Å². The van der Waals surface area contributed by atoms with Crippen molar-refractivity contribution in [1.29, 1.82) is 0 Å². The van der Waals surface area contributed by atoms with Crippen molar-refractivity contribution in [1.82, 2.24) is 9.88 Å². The lowest BCUT2D eigenvalue weighted by atomic mass is 9.94. The molecule has 0 amide bonds. The molecular formula is C16H23N3O4. The molecule has 0 aliphatic carbocycles. The molecule has 2 saturated heterocycles. The molecule has 23 heavy (non-hydrogen) atoms. The first-order valence-electron chi connectivity index (χ1n) is 7.96. The van der Waals surface area contributed by atoms with E-state index in [0.717, 1.165) is 18.8 Å². The van der Waals surface area contributed by atoms with Crippen LogP contribution in [0.3, 0.4) is 0 Å². The molecule has 1 aromatic heterocycles. The molecule has 1 aromatic rings. The van der Waals surface area contributed by atoms with Crippen molar-refractivity contribution in [3.05, 3.63) is 24.4 Å². The highest BCUT2D eigenvalue weighted by molar-refractivity contribution is 5.69. The van der Waals surface area contributed by atoms with Crippen molar-refractivity contribution in [3.8, 4) is 0 Å². The molecule has 2 fully saturated rings. The number of ether oxygens (including phenoxy) is 2. The zero-order valence-corrected chi connectivity index (χ0v) is 13.1. The number of anilines is 1. The Morgan fingerprint density at radius 2 is 2.43 bits per heavy atom. The van der Waals surface area contributed by atoms with Gasteiger partial charge in [0, 0.05) is 31.7 Å². The molecule has 2 aliphatic rings. The quantitative estimate of drug-likeness (QED) is 0.825. The molecule has 0 aromatic carbocycles. The molecule has 2 atom stereocenters. The van der Waals surface area contributed by atoms with Crippen molar-refractivity contribution in [2.24, 2.45) is 5.92 Å². The fraction of sp³-hybridized carbons (Fsp3) is 0.625. The molecule has 0 unspecified atom stereocenters. The van der Waals surface area contributed by atoms with Crippen molar-refractivity contribution in [3.63, 3.8) is 0 Å². The van der Waals surface area contributed by atoms with E-state index in [-0.39, 0.29) is 12.1 Å². The Bertz CT molecular complexity index is 527. The average molecular weight is 321 g/mol. The third-order valence-corrected chi connectivity index (χ3v) is 4.31. The minimum Gasteiger partial charge on any atom is -0.480 e. The first-order valence-corrected chi connectivity index (χ1v) is 7.96. The van der Waals surface area contributed by atoms with Gasteiger partial charge in [0.05, 0.1) is 26.4 Å². The van der Waals surface area contributed by atoms with Gasteiger partial charge in [-0.25, -0.2) is 4.98 Å². The second kappa shape index (κ2) is 7.25. The van der Waals surface area contributed by atoms with E-state index in [1.54, 1.807) is 6.20 Å². The monoisotopic (exact) mass is 321 g/mol. The van der Waals surface area contributed by atoms with Crippen LogP contribution in [0.1, 0.15) is 6.42 Å². The first-order chi connectivity index (χ1) is 11.2. The number of carboxylic acids is 1. The summed E-state index contributed by atoms with van der Waals surface area (Å²) in [6.45, 7) is 3.80. The summed E-state index contributed by atoms with van der Waals surface area (Å²) in [7, 11) is 0. The van der Waals surface area contributed by atoms with Crippen LogP contribution >= 0.6 is 0 Å². The molecular weight excluding hydrogens is 298 g/mol.